The van der Waals surface area contributed by atoms with Crippen LogP contribution in [0.3, 0.4) is 0 Å². The number of benzene rings is 2. The van der Waals surface area contributed by atoms with E-state index in [9.17, 15) is 9.46 Å². The SMILES string of the molecule is N=C(N=C(N)N)N(CCc1ccccc1)P(=O)(O)Oc1ccccc1. The fourth-order valence-corrected chi connectivity index (χ4v) is 3.21. The third kappa shape index (κ3) is 5.63. The first-order valence-electron chi connectivity index (χ1n) is 7.46. The van der Waals surface area contributed by atoms with Crippen molar-refractivity contribution in [3.8, 4) is 5.75 Å². The van der Waals surface area contributed by atoms with Crippen molar-refractivity contribution in [1.82, 2.24) is 4.67 Å². The zero-order valence-electron chi connectivity index (χ0n) is 13.4. The highest BCUT2D eigenvalue weighted by Crippen LogP contribution is 2.46. The minimum Gasteiger partial charge on any atom is -0.409 e. The Bertz CT molecular complexity index is 779. The van der Waals surface area contributed by atoms with Gasteiger partial charge in [-0.05, 0) is 24.1 Å². The molecule has 25 heavy (non-hydrogen) atoms. The Hall–Kier alpha value is -2.83. The molecule has 0 aliphatic carbocycles. The summed E-state index contributed by atoms with van der Waals surface area (Å²) < 4.78 is 18.7. The van der Waals surface area contributed by atoms with E-state index in [-0.39, 0.29) is 18.3 Å². The van der Waals surface area contributed by atoms with Crippen LogP contribution in [-0.4, -0.2) is 28.0 Å². The van der Waals surface area contributed by atoms with E-state index in [2.05, 4.69) is 4.99 Å². The van der Waals surface area contributed by atoms with Gasteiger partial charge in [-0.15, -0.1) is 0 Å². The summed E-state index contributed by atoms with van der Waals surface area (Å²) in [5, 5.41) is 7.93. The van der Waals surface area contributed by atoms with Crippen molar-refractivity contribution < 1.29 is 14.0 Å². The van der Waals surface area contributed by atoms with E-state index in [1.807, 2.05) is 30.3 Å². The number of nitrogens with zero attached hydrogens (tertiary/aromatic N) is 2. The third-order valence-corrected chi connectivity index (χ3v) is 4.66. The van der Waals surface area contributed by atoms with Crippen LogP contribution in [0.5, 0.6) is 5.75 Å². The number of hydrogen-bond acceptors (Lipinski definition) is 3. The van der Waals surface area contributed by atoms with Gasteiger partial charge in [-0.3, -0.25) is 10.3 Å². The van der Waals surface area contributed by atoms with Crippen molar-refractivity contribution in [2.24, 2.45) is 16.5 Å². The molecule has 8 nitrogen and oxygen atoms in total. The maximum atomic E-state index is 12.7. The molecule has 2 aromatic carbocycles. The second-order valence-electron chi connectivity index (χ2n) is 5.11. The predicted molar refractivity (Wildman–Crippen MR) is 97.3 cm³/mol. The highest BCUT2D eigenvalue weighted by atomic mass is 31.2. The van der Waals surface area contributed by atoms with Gasteiger partial charge < -0.3 is 16.0 Å². The smallest absolute Gasteiger partial charge is 0.409 e. The van der Waals surface area contributed by atoms with Crippen molar-refractivity contribution in [1.29, 1.82) is 5.41 Å². The van der Waals surface area contributed by atoms with E-state index in [0.717, 1.165) is 10.2 Å². The molecule has 0 amide bonds. The van der Waals surface area contributed by atoms with Gasteiger partial charge in [-0.2, -0.15) is 4.99 Å². The lowest BCUT2D eigenvalue weighted by atomic mass is 10.1. The van der Waals surface area contributed by atoms with Gasteiger partial charge in [-0.25, -0.2) is 9.24 Å². The van der Waals surface area contributed by atoms with Crippen molar-refractivity contribution in [3.05, 3.63) is 66.2 Å². The van der Waals surface area contributed by atoms with Gasteiger partial charge in [-0.1, -0.05) is 48.5 Å². The monoisotopic (exact) mass is 361 g/mol. The molecule has 0 aliphatic heterocycles. The van der Waals surface area contributed by atoms with E-state index in [4.69, 9.17) is 21.4 Å². The first-order valence-corrected chi connectivity index (χ1v) is 8.99. The predicted octanol–water partition coefficient (Wildman–Crippen LogP) is 1.92. The van der Waals surface area contributed by atoms with E-state index < -0.39 is 13.7 Å². The normalized spacial score (nSPS) is 12.7. The van der Waals surface area contributed by atoms with Crippen molar-refractivity contribution in [3.63, 3.8) is 0 Å². The average molecular weight is 361 g/mol. The number of aliphatic imine (C=N–C) groups is 1. The lowest BCUT2D eigenvalue weighted by Crippen LogP contribution is -2.33. The van der Waals surface area contributed by atoms with E-state index in [0.29, 0.717) is 6.42 Å². The van der Waals surface area contributed by atoms with Crippen LogP contribution in [0, 0.1) is 5.41 Å². The standard InChI is InChI=1S/C16H20N5O3P/c17-15(18)20-16(19)21(12-11-13-7-3-1-4-8-13)25(22,23)24-14-9-5-2-6-10-14/h1-10H,11-12H2,(H,22,23)(H5,17,18,19,20). The Morgan fingerprint density at radius 3 is 2.24 bits per heavy atom. The van der Waals surface area contributed by atoms with Gasteiger partial charge in [0, 0.05) is 6.54 Å². The fraction of sp³-hybridized carbons (Fsp3) is 0.125. The highest BCUT2D eigenvalue weighted by molar-refractivity contribution is 7.51. The van der Waals surface area contributed by atoms with Gasteiger partial charge in [0.05, 0.1) is 0 Å². The van der Waals surface area contributed by atoms with Crippen LogP contribution >= 0.6 is 7.75 Å². The molecule has 1 atom stereocenters. The molecule has 0 fully saturated rings. The summed E-state index contributed by atoms with van der Waals surface area (Å²) in [7, 11) is -4.38. The second kappa shape index (κ2) is 8.32. The Morgan fingerprint density at radius 1 is 1.12 bits per heavy atom. The Kier molecular flexibility index (Phi) is 6.16. The maximum Gasteiger partial charge on any atom is 0.488 e. The molecule has 0 radical (unpaired) electrons. The van der Waals surface area contributed by atoms with E-state index >= 15 is 0 Å². The fourth-order valence-electron chi connectivity index (χ4n) is 2.08. The molecule has 0 heterocycles. The second-order valence-corrected chi connectivity index (χ2v) is 6.76. The third-order valence-electron chi connectivity index (χ3n) is 3.21. The summed E-state index contributed by atoms with van der Waals surface area (Å²) >= 11 is 0. The number of nitrogens with one attached hydrogen (secondary N) is 1. The molecule has 0 saturated carbocycles. The molecule has 0 spiro atoms. The zero-order chi connectivity index (χ0) is 18.3. The molecule has 0 bridgehead atoms. The first kappa shape index (κ1) is 18.5. The lowest BCUT2D eigenvalue weighted by molar-refractivity contribution is 0.322. The molecule has 1 unspecified atom stereocenters. The summed E-state index contributed by atoms with van der Waals surface area (Å²) in [5.74, 6) is -0.720. The molecule has 2 rings (SSSR count). The van der Waals surface area contributed by atoms with Gasteiger partial charge in [0.1, 0.15) is 5.75 Å². The van der Waals surface area contributed by atoms with Crippen LogP contribution in [0.25, 0.3) is 0 Å². The molecule has 6 N–H and O–H groups in total. The van der Waals surface area contributed by atoms with Crippen molar-refractivity contribution >= 4 is 19.7 Å². The molecule has 0 saturated heterocycles. The lowest BCUT2D eigenvalue weighted by Gasteiger charge is -2.26. The molecule has 0 aliphatic rings. The largest absolute Gasteiger partial charge is 0.488 e. The van der Waals surface area contributed by atoms with Crippen LogP contribution in [0.1, 0.15) is 5.56 Å². The summed E-state index contributed by atoms with van der Waals surface area (Å²) in [5.41, 5.74) is 11.5. The topological polar surface area (TPSA) is 138 Å². The Morgan fingerprint density at radius 2 is 1.68 bits per heavy atom. The van der Waals surface area contributed by atoms with Crippen LogP contribution < -0.4 is 16.0 Å². The number of guanidine groups is 2. The number of hydrogen-bond donors (Lipinski definition) is 4. The van der Waals surface area contributed by atoms with Gasteiger partial charge in [0.25, 0.3) is 0 Å². The van der Waals surface area contributed by atoms with Crippen molar-refractivity contribution in [2.45, 2.75) is 6.42 Å². The van der Waals surface area contributed by atoms with Crippen molar-refractivity contribution in [2.75, 3.05) is 6.54 Å². The van der Waals surface area contributed by atoms with Gasteiger partial charge in [0.2, 0.25) is 5.96 Å². The molecule has 9 heteroatoms. The maximum absolute atomic E-state index is 12.7. The summed E-state index contributed by atoms with van der Waals surface area (Å²) in [6, 6.07) is 17.5. The van der Waals surface area contributed by atoms with Crippen LogP contribution in [0.2, 0.25) is 0 Å². The van der Waals surface area contributed by atoms with E-state index in [1.54, 1.807) is 30.3 Å². The summed E-state index contributed by atoms with van der Waals surface area (Å²) in [4.78, 5) is 13.9. The Labute approximate surface area is 145 Å². The van der Waals surface area contributed by atoms with E-state index in [1.165, 1.54) is 0 Å². The minimum absolute atomic E-state index is 0.0280. The average Bonchev–Trinajstić information content (AvgIpc) is 2.55. The zero-order valence-corrected chi connectivity index (χ0v) is 14.3. The Balaban J connectivity index is 2.21. The molecular formula is C16H20N5O3P. The number of para-hydroxylation sites is 1. The molecular weight excluding hydrogens is 341 g/mol. The number of rotatable bonds is 6. The summed E-state index contributed by atoms with van der Waals surface area (Å²) in [6.45, 7) is 0.0280. The molecule has 2 aromatic rings. The molecule has 0 aromatic heterocycles. The minimum atomic E-state index is -4.38. The highest BCUT2D eigenvalue weighted by Gasteiger charge is 2.33. The van der Waals surface area contributed by atoms with Crippen LogP contribution in [-0.2, 0) is 11.0 Å². The van der Waals surface area contributed by atoms with Gasteiger partial charge >= 0.3 is 7.75 Å². The van der Waals surface area contributed by atoms with Crippen LogP contribution in [0.15, 0.2) is 65.7 Å². The van der Waals surface area contributed by atoms with Gasteiger partial charge in [0.15, 0.2) is 5.96 Å². The quantitative estimate of drug-likeness (QED) is 0.352. The molecule has 132 valence electrons. The van der Waals surface area contributed by atoms with Crippen LogP contribution in [0.4, 0.5) is 0 Å². The number of nitrogens with two attached hydrogens (primary N) is 2. The summed E-state index contributed by atoms with van der Waals surface area (Å²) in [6.07, 6.45) is 0.409. The first-order chi connectivity index (χ1) is 11.9.